The summed E-state index contributed by atoms with van der Waals surface area (Å²) in [6.07, 6.45) is 2.37. The summed E-state index contributed by atoms with van der Waals surface area (Å²) >= 11 is 0. The maximum absolute atomic E-state index is 10.5. The van der Waals surface area contributed by atoms with Gasteiger partial charge in [-0.15, -0.1) is 12.4 Å². The van der Waals surface area contributed by atoms with E-state index >= 15 is 0 Å². The fraction of sp³-hybridized carbons (Fsp3) is 0.133. The molecule has 0 atom stereocenters. The first-order chi connectivity index (χ1) is 18.7. The fourth-order valence-electron chi connectivity index (χ4n) is 3.03. The van der Waals surface area contributed by atoms with Gasteiger partial charge >= 0.3 is 0 Å². The van der Waals surface area contributed by atoms with Crippen molar-refractivity contribution in [2.45, 2.75) is 26.9 Å². The molecule has 9 nitrogen and oxygen atoms in total. The third-order valence-electron chi connectivity index (χ3n) is 5.34. The minimum Gasteiger partial charge on any atom is -0.326 e. The van der Waals surface area contributed by atoms with Gasteiger partial charge in [0.15, 0.2) is 0 Å². The highest BCUT2D eigenvalue weighted by Crippen LogP contribution is 2.11. The summed E-state index contributed by atoms with van der Waals surface area (Å²) in [6.45, 7) is 5.36. The number of hydrogen-bond acceptors (Lipinski definition) is 7. The van der Waals surface area contributed by atoms with E-state index in [1.807, 2.05) is 19.1 Å². The van der Waals surface area contributed by atoms with Gasteiger partial charge in [-0.1, -0.05) is 59.7 Å². The number of nitrogens with two attached hydrogens (primary N) is 1. The van der Waals surface area contributed by atoms with E-state index in [-0.39, 0.29) is 23.8 Å². The first-order valence-corrected chi connectivity index (χ1v) is 12.0. The predicted octanol–water partition coefficient (Wildman–Crippen LogP) is 6.81. The zero-order chi connectivity index (χ0) is 28.6. The maximum atomic E-state index is 10.5. The third-order valence-corrected chi connectivity index (χ3v) is 5.34. The van der Waals surface area contributed by atoms with Crippen molar-refractivity contribution in [3.63, 3.8) is 0 Å². The van der Waals surface area contributed by atoms with Crippen molar-refractivity contribution in [3.05, 3.63) is 151 Å². The predicted molar refractivity (Wildman–Crippen MR) is 160 cm³/mol. The largest absolute Gasteiger partial charge is 0.326 e. The van der Waals surface area contributed by atoms with Gasteiger partial charge in [-0.05, 0) is 54.8 Å². The minimum absolute atomic E-state index is 0. The van der Waals surface area contributed by atoms with E-state index in [4.69, 9.17) is 5.73 Å². The molecule has 4 aromatic rings. The lowest BCUT2D eigenvalue weighted by Crippen LogP contribution is -1.94. The average molecular weight is 563 g/mol. The molecule has 10 heteroatoms. The number of hydrogen-bond donors (Lipinski definition) is 1. The highest BCUT2D eigenvalue weighted by molar-refractivity contribution is 5.85. The lowest BCUT2D eigenvalue weighted by molar-refractivity contribution is -0.385. The van der Waals surface area contributed by atoms with E-state index in [9.17, 15) is 25.0 Å². The summed E-state index contributed by atoms with van der Waals surface area (Å²) in [7, 11) is 0. The van der Waals surface area contributed by atoms with E-state index < -0.39 is 9.85 Å². The van der Waals surface area contributed by atoms with Crippen LogP contribution in [0.25, 0.3) is 0 Å². The fourth-order valence-corrected chi connectivity index (χ4v) is 3.03. The Kier molecular flexibility index (Phi) is 14.7. The molecule has 0 aliphatic carbocycles. The Morgan fingerprint density at radius 2 is 1.07 bits per heavy atom. The summed E-state index contributed by atoms with van der Waals surface area (Å²) in [5.74, 6) is 0. The van der Waals surface area contributed by atoms with Crippen molar-refractivity contribution >= 4 is 36.3 Å². The van der Waals surface area contributed by atoms with Crippen LogP contribution in [-0.4, -0.2) is 22.3 Å². The standard InChI is InChI=1S/C15H14N2O2.C8H11N.C7H5NO3.ClH/c1-12-2-4-13(5-3-12)10-16-11-14-6-8-15(9-7-14)17(18)19;1-7-2-4-8(6-9)5-3-7;9-5-6-1-3-7(4-2-6)8(10)11;/h2-9,11H,10H2,1H3;2-5H,6,9H2,1H3;1-5H;1H. The molecule has 0 bridgehead atoms. The topological polar surface area (TPSA) is 142 Å². The molecule has 0 amide bonds. The molecular weight excluding hydrogens is 532 g/mol. The summed E-state index contributed by atoms with van der Waals surface area (Å²) < 4.78 is 0. The molecule has 0 spiro atoms. The van der Waals surface area contributed by atoms with Crippen LogP contribution in [0.5, 0.6) is 0 Å². The molecule has 0 aromatic heterocycles. The Morgan fingerprint density at radius 3 is 1.45 bits per heavy atom. The number of aliphatic imine (C=N–C) groups is 1. The molecule has 208 valence electrons. The molecule has 0 saturated heterocycles. The maximum Gasteiger partial charge on any atom is 0.269 e. The van der Waals surface area contributed by atoms with Crippen molar-refractivity contribution in [3.8, 4) is 0 Å². The van der Waals surface area contributed by atoms with Gasteiger partial charge in [0.25, 0.3) is 11.4 Å². The Balaban J connectivity index is 0.000000324. The summed E-state index contributed by atoms with van der Waals surface area (Å²) in [6, 6.07) is 28.2. The molecule has 0 heterocycles. The first-order valence-electron chi connectivity index (χ1n) is 12.0. The van der Waals surface area contributed by atoms with Gasteiger partial charge in [0.05, 0.1) is 16.4 Å². The van der Waals surface area contributed by atoms with Gasteiger partial charge < -0.3 is 5.73 Å². The van der Waals surface area contributed by atoms with Crippen LogP contribution in [0, 0.1) is 34.1 Å². The Labute approximate surface area is 239 Å². The van der Waals surface area contributed by atoms with Crippen LogP contribution in [0.1, 0.15) is 38.2 Å². The summed E-state index contributed by atoms with van der Waals surface area (Å²) in [5.41, 5.74) is 11.6. The van der Waals surface area contributed by atoms with Gasteiger partial charge in [0, 0.05) is 42.6 Å². The number of carbonyl (C=O) groups is 1. The lowest BCUT2D eigenvalue weighted by atomic mass is 10.1. The third kappa shape index (κ3) is 12.2. The number of halogens is 1. The lowest BCUT2D eigenvalue weighted by Gasteiger charge is -1.97. The second-order valence-corrected chi connectivity index (χ2v) is 8.46. The molecule has 40 heavy (non-hydrogen) atoms. The first kappa shape index (κ1) is 33.3. The van der Waals surface area contributed by atoms with E-state index in [1.54, 1.807) is 18.3 Å². The number of nitro benzene ring substituents is 2. The smallest absolute Gasteiger partial charge is 0.269 e. The number of nitro groups is 2. The highest BCUT2D eigenvalue weighted by atomic mass is 35.5. The second-order valence-electron chi connectivity index (χ2n) is 8.46. The number of non-ortho nitro benzene ring substituents is 2. The van der Waals surface area contributed by atoms with Crippen molar-refractivity contribution in [2.75, 3.05) is 0 Å². The van der Waals surface area contributed by atoms with Crippen LogP contribution in [0.15, 0.2) is 102 Å². The zero-order valence-electron chi connectivity index (χ0n) is 22.2. The highest BCUT2D eigenvalue weighted by Gasteiger charge is 2.03. The number of nitrogens with zero attached hydrogens (tertiary/aromatic N) is 3. The molecule has 4 aromatic carbocycles. The van der Waals surface area contributed by atoms with Crippen LogP contribution >= 0.6 is 12.4 Å². The van der Waals surface area contributed by atoms with Crippen LogP contribution in [-0.2, 0) is 13.1 Å². The van der Waals surface area contributed by atoms with Crippen molar-refractivity contribution < 1.29 is 14.6 Å². The second kappa shape index (κ2) is 17.7. The Hall–Kier alpha value is -4.73. The van der Waals surface area contributed by atoms with E-state index in [0.29, 0.717) is 24.9 Å². The Bertz CT molecular complexity index is 1370. The minimum atomic E-state index is -0.505. The average Bonchev–Trinajstić information content (AvgIpc) is 2.95. The molecule has 0 aliphatic heterocycles. The van der Waals surface area contributed by atoms with Gasteiger partial charge in [-0.25, -0.2) is 0 Å². The monoisotopic (exact) mass is 562 g/mol. The number of rotatable bonds is 7. The van der Waals surface area contributed by atoms with E-state index in [2.05, 4.69) is 48.3 Å². The molecule has 0 aliphatic rings. The van der Waals surface area contributed by atoms with Crippen molar-refractivity contribution in [1.82, 2.24) is 0 Å². The van der Waals surface area contributed by atoms with E-state index in [1.165, 1.54) is 53.1 Å². The summed E-state index contributed by atoms with van der Waals surface area (Å²) in [5, 5.41) is 20.6. The van der Waals surface area contributed by atoms with Gasteiger partial charge in [-0.2, -0.15) is 0 Å². The molecule has 0 radical (unpaired) electrons. The van der Waals surface area contributed by atoms with Crippen molar-refractivity contribution in [1.29, 1.82) is 0 Å². The normalized spacial score (nSPS) is 9.78. The SMILES string of the molecule is Cc1ccc(CN)cc1.Cc1ccc(CN=Cc2ccc([N+](=O)[O-])cc2)cc1.Cl.O=Cc1ccc([N+](=O)[O-])cc1. The van der Waals surface area contributed by atoms with Gasteiger partial charge in [0.2, 0.25) is 0 Å². The van der Waals surface area contributed by atoms with Gasteiger partial charge in [0.1, 0.15) is 6.29 Å². The van der Waals surface area contributed by atoms with Gasteiger partial charge in [-0.3, -0.25) is 30.0 Å². The van der Waals surface area contributed by atoms with Crippen LogP contribution in [0.2, 0.25) is 0 Å². The van der Waals surface area contributed by atoms with Crippen LogP contribution in [0.3, 0.4) is 0 Å². The number of carbonyl (C=O) groups excluding carboxylic acids is 1. The van der Waals surface area contributed by atoms with E-state index in [0.717, 1.165) is 11.1 Å². The molecule has 0 unspecified atom stereocenters. The van der Waals surface area contributed by atoms with Crippen LogP contribution in [0.4, 0.5) is 11.4 Å². The molecule has 4 rings (SSSR count). The Morgan fingerprint density at radius 1 is 0.675 bits per heavy atom. The summed E-state index contributed by atoms with van der Waals surface area (Å²) in [4.78, 5) is 34.2. The molecular formula is C30H31ClN4O5. The van der Waals surface area contributed by atoms with Crippen LogP contribution < -0.4 is 5.73 Å². The quantitative estimate of drug-likeness (QED) is 0.113. The molecule has 0 fully saturated rings. The van der Waals surface area contributed by atoms with Crippen molar-refractivity contribution in [2.24, 2.45) is 10.7 Å². The molecule has 2 N–H and O–H groups in total. The number of benzene rings is 4. The number of aldehydes is 1. The number of aryl methyl sites for hydroxylation is 2. The zero-order valence-corrected chi connectivity index (χ0v) is 23.0. The molecule has 0 saturated carbocycles.